The van der Waals surface area contributed by atoms with Crippen molar-refractivity contribution in [2.45, 2.75) is 32.1 Å². The molecule has 0 amide bonds. The first-order chi connectivity index (χ1) is 15.9. The Hall–Kier alpha value is -2.63. The van der Waals surface area contributed by atoms with Gasteiger partial charge in [-0.1, -0.05) is 13.0 Å². The number of ether oxygens (including phenoxy) is 1. The summed E-state index contributed by atoms with van der Waals surface area (Å²) in [5, 5.41) is 3.81. The van der Waals surface area contributed by atoms with Crippen molar-refractivity contribution >= 4 is 33.0 Å². The van der Waals surface area contributed by atoms with E-state index >= 15 is 4.39 Å². The average Bonchev–Trinajstić information content (AvgIpc) is 3.26. The highest BCUT2D eigenvalue weighted by molar-refractivity contribution is 7.92. The average molecular weight is 492 g/mol. The number of aromatic nitrogens is 3. The first-order valence-corrected chi connectivity index (χ1v) is 13.3. The molecule has 176 valence electrons. The summed E-state index contributed by atoms with van der Waals surface area (Å²) in [5.41, 5.74) is 1.19. The third-order valence-corrected chi connectivity index (χ3v) is 8.04. The topological polar surface area (TPSA) is 106 Å². The molecule has 1 aliphatic rings. The smallest absolute Gasteiger partial charge is 0.232 e. The second kappa shape index (κ2) is 10.1. The summed E-state index contributed by atoms with van der Waals surface area (Å²) in [6.07, 6.45) is 3.76. The lowest BCUT2D eigenvalue weighted by Crippen LogP contribution is -2.17. The van der Waals surface area contributed by atoms with Crippen LogP contribution >= 0.6 is 11.3 Å². The predicted molar refractivity (Wildman–Crippen MR) is 129 cm³/mol. The molecule has 4 rings (SSSR count). The van der Waals surface area contributed by atoms with Gasteiger partial charge in [-0.05, 0) is 37.5 Å². The van der Waals surface area contributed by atoms with Crippen molar-refractivity contribution in [3.8, 4) is 21.8 Å². The second-order valence-corrected chi connectivity index (χ2v) is 10.6. The lowest BCUT2D eigenvalue weighted by atomic mass is 10.0. The number of anilines is 2. The van der Waals surface area contributed by atoms with Gasteiger partial charge >= 0.3 is 0 Å². The van der Waals surface area contributed by atoms with Crippen LogP contribution in [0.25, 0.3) is 21.8 Å². The van der Waals surface area contributed by atoms with Crippen LogP contribution in [0.15, 0.2) is 30.5 Å². The fraction of sp³-hybridized carbons (Fsp3) is 0.409. The highest BCUT2D eigenvalue weighted by Crippen LogP contribution is 2.42. The van der Waals surface area contributed by atoms with Gasteiger partial charge < -0.3 is 10.1 Å². The van der Waals surface area contributed by atoms with Crippen LogP contribution in [0.1, 0.15) is 37.1 Å². The highest BCUT2D eigenvalue weighted by atomic mass is 32.2. The molecular formula is C22H26FN5O3S2. The van der Waals surface area contributed by atoms with E-state index in [2.05, 4.69) is 20.0 Å². The van der Waals surface area contributed by atoms with E-state index in [0.29, 0.717) is 41.8 Å². The molecule has 2 N–H and O–H groups in total. The van der Waals surface area contributed by atoms with Gasteiger partial charge in [-0.25, -0.2) is 27.8 Å². The van der Waals surface area contributed by atoms with Gasteiger partial charge in [-0.2, -0.15) is 0 Å². The minimum atomic E-state index is -3.64. The largest absolute Gasteiger partial charge is 0.381 e. The van der Waals surface area contributed by atoms with Crippen molar-refractivity contribution in [2.24, 2.45) is 0 Å². The van der Waals surface area contributed by atoms with Gasteiger partial charge in [-0.3, -0.25) is 4.72 Å². The van der Waals surface area contributed by atoms with E-state index in [9.17, 15) is 8.42 Å². The van der Waals surface area contributed by atoms with E-state index in [1.807, 2.05) is 0 Å². The van der Waals surface area contributed by atoms with Gasteiger partial charge in [-0.15, -0.1) is 11.3 Å². The zero-order valence-corrected chi connectivity index (χ0v) is 20.1. The van der Waals surface area contributed by atoms with Crippen molar-refractivity contribution in [1.82, 2.24) is 15.0 Å². The summed E-state index contributed by atoms with van der Waals surface area (Å²) in [4.78, 5) is 14.2. The van der Waals surface area contributed by atoms with Gasteiger partial charge in [0, 0.05) is 37.9 Å². The van der Waals surface area contributed by atoms with Gasteiger partial charge in [0.1, 0.15) is 0 Å². The minimum Gasteiger partial charge on any atom is -0.381 e. The van der Waals surface area contributed by atoms with E-state index in [0.717, 1.165) is 17.8 Å². The molecule has 1 aliphatic heterocycles. The molecule has 0 saturated carbocycles. The lowest BCUT2D eigenvalue weighted by Gasteiger charge is -2.19. The van der Waals surface area contributed by atoms with Gasteiger partial charge in [0.15, 0.2) is 5.82 Å². The number of sulfonamides is 1. The second-order valence-electron chi connectivity index (χ2n) is 7.72. The molecule has 8 nitrogen and oxygen atoms in total. The van der Waals surface area contributed by atoms with Crippen LogP contribution < -0.4 is 10.0 Å². The van der Waals surface area contributed by atoms with E-state index < -0.39 is 15.8 Å². The quantitative estimate of drug-likeness (QED) is 0.478. The highest BCUT2D eigenvalue weighted by Gasteiger charge is 2.26. The Bertz CT molecular complexity index is 1230. The van der Waals surface area contributed by atoms with Crippen molar-refractivity contribution in [3.05, 3.63) is 41.3 Å². The van der Waals surface area contributed by atoms with Crippen molar-refractivity contribution in [3.63, 3.8) is 0 Å². The number of hydrogen-bond donors (Lipinski definition) is 2. The monoisotopic (exact) mass is 491 g/mol. The zero-order chi connectivity index (χ0) is 23.4. The Morgan fingerprint density at radius 3 is 2.73 bits per heavy atom. The summed E-state index contributed by atoms with van der Waals surface area (Å²) in [5.74, 6) is -0.0809. The van der Waals surface area contributed by atoms with Crippen molar-refractivity contribution in [1.29, 1.82) is 0 Å². The van der Waals surface area contributed by atoms with Crippen molar-refractivity contribution in [2.75, 3.05) is 36.1 Å². The van der Waals surface area contributed by atoms with Crippen LogP contribution in [0.4, 0.5) is 16.0 Å². The maximum Gasteiger partial charge on any atom is 0.232 e. The summed E-state index contributed by atoms with van der Waals surface area (Å²) < 4.78 is 47.9. The number of nitrogens with zero attached hydrogens (tertiary/aromatic N) is 3. The molecule has 0 radical (unpaired) electrons. The van der Waals surface area contributed by atoms with Crippen LogP contribution in [0.5, 0.6) is 0 Å². The fourth-order valence-electron chi connectivity index (χ4n) is 3.70. The minimum absolute atomic E-state index is 0.0831. The van der Waals surface area contributed by atoms with Gasteiger partial charge in [0.25, 0.3) is 0 Å². The van der Waals surface area contributed by atoms with Crippen molar-refractivity contribution < 1.29 is 17.5 Å². The first kappa shape index (κ1) is 23.5. The molecule has 0 unspecified atom stereocenters. The van der Waals surface area contributed by atoms with Crippen LogP contribution in [0, 0.1) is 5.82 Å². The van der Waals surface area contributed by atoms with Gasteiger partial charge in [0.2, 0.25) is 16.0 Å². The Kier molecular flexibility index (Phi) is 7.20. The summed E-state index contributed by atoms with van der Waals surface area (Å²) in [7, 11) is -1.91. The Morgan fingerprint density at radius 1 is 1.21 bits per heavy atom. The molecule has 1 fully saturated rings. The fourth-order valence-corrected chi connectivity index (χ4v) is 6.05. The van der Waals surface area contributed by atoms with E-state index in [-0.39, 0.29) is 22.9 Å². The number of benzene rings is 1. The van der Waals surface area contributed by atoms with Crippen LogP contribution in [0.2, 0.25) is 0 Å². The third kappa shape index (κ3) is 5.31. The number of hydrogen-bond acceptors (Lipinski definition) is 8. The van der Waals surface area contributed by atoms with Crippen LogP contribution in [0.3, 0.4) is 0 Å². The Balaban J connectivity index is 1.82. The summed E-state index contributed by atoms with van der Waals surface area (Å²) >= 11 is 1.48. The molecule has 1 aromatic carbocycles. The Labute approximate surface area is 196 Å². The summed E-state index contributed by atoms with van der Waals surface area (Å²) in [6.45, 7) is 3.08. The molecule has 3 heterocycles. The lowest BCUT2D eigenvalue weighted by molar-refractivity contribution is 0.0853. The molecule has 0 aliphatic carbocycles. The van der Waals surface area contributed by atoms with Crippen LogP contribution in [-0.2, 0) is 14.8 Å². The summed E-state index contributed by atoms with van der Waals surface area (Å²) in [6, 6.07) is 6.41. The number of thiazole rings is 1. The standard InChI is InChI=1S/C22H26FN5O3S2/c1-3-13-33(29,30)28-16-6-4-5-15(18(16)23)19-20(17-7-10-25-22(24-2)26-17)32-21(27-19)14-8-11-31-12-9-14/h4-7,10,14,28H,3,8-9,11-13H2,1-2H3,(H,24,25,26). The first-order valence-electron chi connectivity index (χ1n) is 10.8. The Morgan fingerprint density at radius 2 is 2.00 bits per heavy atom. The van der Waals surface area contributed by atoms with Crippen LogP contribution in [-0.4, -0.2) is 49.4 Å². The maximum atomic E-state index is 15.6. The molecule has 0 bridgehead atoms. The van der Waals surface area contributed by atoms with E-state index in [4.69, 9.17) is 9.72 Å². The number of halogens is 1. The molecule has 2 aromatic heterocycles. The third-order valence-electron chi connectivity index (χ3n) is 5.32. The van der Waals surface area contributed by atoms with Gasteiger partial charge in [0.05, 0.1) is 32.7 Å². The molecule has 11 heteroatoms. The molecule has 0 spiro atoms. The SMILES string of the molecule is CCCS(=O)(=O)Nc1cccc(-c2nc(C3CCOCC3)sc2-c2ccnc(NC)n2)c1F. The number of rotatable bonds is 8. The molecule has 33 heavy (non-hydrogen) atoms. The predicted octanol–water partition coefficient (Wildman–Crippen LogP) is 4.49. The normalized spacial score (nSPS) is 14.9. The molecule has 0 atom stereocenters. The zero-order valence-electron chi connectivity index (χ0n) is 18.5. The molecule has 1 saturated heterocycles. The molecular weight excluding hydrogens is 465 g/mol. The van der Waals surface area contributed by atoms with E-state index in [1.54, 1.807) is 38.4 Å². The number of nitrogens with one attached hydrogen (secondary N) is 2. The van der Waals surface area contributed by atoms with E-state index in [1.165, 1.54) is 17.4 Å². The molecule has 3 aromatic rings. The maximum absolute atomic E-state index is 15.6.